The molecular weight excluding hydrogens is 566 g/mol. The van der Waals surface area contributed by atoms with E-state index in [1.807, 2.05) is 0 Å². The number of amides is 1. The molecule has 0 spiro atoms. The maximum absolute atomic E-state index is 14.8. The summed E-state index contributed by atoms with van der Waals surface area (Å²) >= 11 is 6.26. The minimum atomic E-state index is -4.65. The molecule has 0 radical (unpaired) electrons. The summed E-state index contributed by atoms with van der Waals surface area (Å²) in [7, 11) is 0. The fraction of sp³-hybridized carbons (Fsp3) is 0.296. The van der Waals surface area contributed by atoms with Gasteiger partial charge in [0, 0.05) is 34.5 Å². The molecule has 1 fully saturated rings. The summed E-state index contributed by atoms with van der Waals surface area (Å²) < 4.78 is 55.3. The van der Waals surface area contributed by atoms with Crippen LogP contribution in [0.1, 0.15) is 54.5 Å². The highest BCUT2D eigenvalue weighted by atomic mass is 35.5. The van der Waals surface area contributed by atoms with Crippen LogP contribution in [0.25, 0.3) is 22.5 Å². The van der Waals surface area contributed by atoms with Gasteiger partial charge < -0.3 is 15.0 Å². The Balaban J connectivity index is 1.32. The number of aromatic nitrogens is 6. The third kappa shape index (κ3) is 4.99. The Kier molecular flexibility index (Phi) is 6.86. The third-order valence-corrected chi connectivity index (χ3v) is 7.68. The Morgan fingerprint density at radius 1 is 1.12 bits per heavy atom. The minimum absolute atomic E-state index is 0.0825. The van der Waals surface area contributed by atoms with Gasteiger partial charge in [0.15, 0.2) is 11.5 Å². The molecule has 0 saturated carbocycles. The Morgan fingerprint density at radius 2 is 1.95 bits per heavy atom. The zero-order chi connectivity index (χ0) is 28.9. The van der Waals surface area contributed by atoms with Crippen molar-refractivity contribution in [2.75, 3.05) is 0 Å². The van der Waals surface area contributed by atoms with E-state index in [0.29, 0.717) is 59.0 Å². The van der Waals surface area contributed by atoms with Crippen molar-refractivity contribution in [3.05, 3.63) is 82.5 Å². The average molecular weight is 588 g/mol. The number of H-pyrrole nitrogens is 1. The Hall–Kier alpha value is -4.10. The van der Waals surface area contributed by atoms with Crippen molar-refractivity contribution >= 4 is 23.1 Å². The lowest BCUT2D eigenvalue weighted by Crippen LogP contribution is -2.35. The molecule has 14 heteroatoms. The number of fused-ring (bicyclic) bond motifs is 1. The lowest BCUT2D eigenvalue weighted by atomic mass is 9.97. The lowest BCUT2D eigenvalue weighted by Gasteiger charge is -2.27. The average Bonchev–Trinajstić information content (AvgIpc) is 3.69. The number of alkyl halides is 3. The van der Waals surface area contributed by atoms with Crippen molar-refractivity contribution < 1.29 is 27.5 Å². The first-order valence-electron chi connectivity index (χ1n) is 12.8. The van der Waals surface area contributed by atoms with E-state index in [-0.39, 0.29) is 29.2 Å². The first-order chi connectivity index (χ1) is 19.6. The largest absolute Gasteiger partial charge is 0.436 e. The fourth-order valence-corrected chi connectivity index (χ4v) is 5.70. The Morgan fingerprint density at radius 3 is 2.71 bits per heavy atom. The monoisotopic (exact) mass is 587 g/mol. The summed E-state index contributed by atoms with van der Waals surface area (Å²) in [5, 5.41) is 16.6. The van der Waals surface area contributed by atoms with Crippen LogP contribution in [0.15, 0.2) is 48.9 Å². The fourth-order valence-electron chi connectivity index (χ4n) is 5.52. The van der Waals surface area contributed by atoms with Crippen molar-refractivity contribution in [3.63, 3.8) is 0 Å². The van der Waals surface area contributed by atoms with Crippen LogP contribution in [-0.4, -0.2) is 51.9 Å². The highest BCUT2D eigenvalue weighted by Gasteiger charge is 2.40. The van der Waals surface area contributed by atoms with Gasteiger partial charge in [-0.1, -0.05) is 16.8 Å². The summed E-state index contributed by atoms with van der Waals surface area (Å²) in [6, 6.07) is 5.66. The number of hydrogen-bond donors (Lipinski definition) is 2. The molecule has 1 amide bonds. The number of hydrogen-bond acceptors (Lipinski definition) is 6. The molecule has 1 saturated heterocycles. The molecule has 41 heavy (non-hydrogen) atoms. The van der Waals surface area contributed by atoms with Gasteiger partial charge in [0.25, 0.3) is 0 Å². The van der Waals surface area contributed by atoms with E-state index in [0.717, 1.165) is 10.9 Å². The number of benzene rings is 1. The molecule has 2 N–H and O–H groups in total. The van der Waals surface area contributed by atoms with Gasteiger partial charge in [-0.2, -0.15) is 13.2 Å². The smallest absolute Gasteiger partial charge is 0.390 e. The second-order valence-electron chi connectivity index (χ2n) is 9.87. The molecule has 3 aromatic heterocycles. The number of aliphatic hydroxyl groups excluding tert-OH is 1. The van der Waals surface area contributed by atoms with Crippen LogP contribution in [0.5, 0.6) is 0 Å². The second kappa shape index (κ2) is 10.4. The van der Waals surface area contributed by atoms with Gasteiger partial charge in [-0.25, -0.2) is 14.1 Å². The molecule has 2 atom stereocenters. The maximum atomic E-state index is 14.8. The molecule has 1 aromatic carbocycles. The van der Waals surface area contributed by atoms with Crippen LogP contribution < -0.4 is 0 Å². The molecule has 0 unspecified atom stereocenters. The normalized spacial score (nSPS) is 19.3. The van der Waals surface area contributed by atoms with E-state index in [9.17, 15) is 27.5 Å². The van der Waals surface area contributed by atoms with Gasteiger partial charge in [0.05, 0.1) is 36.4 Å². The van der Waals surface area contributed by atoms with E-state index in [1.165, 1.54) is 36.7 Å². The van der Waals surface area contributed by atoms with Crippen LogP contribution in [-0.2, 0) is 17.6 Å². The molecule has 212 valence electrons. The van der Waals surface area contributed by atoms with Gasteiger partial charge in [-0.05, 0) is 55.5 Å². The molecule has 2 aliphatic rings. The zero-order valence-corrected chi connectivity index (χ0v) is 22.0. The topological polar surface area (TPSA) is 113 Å². The molecule has 0 aliphatic carbocycles. The van der Waals surface area contributed by atoms with E-state index in [1.54, 1.807) is 11.0 Å². The number of nitrogens with zero attached hydrogens (tertiary/aromatic N) is 6. The molecule has 4 aromatic rings. The van der Waals surface area contributed by atoms with Crippen molar-refractivity contribution in [2.24, 2.45) is 0 Å². The first-order valence-corrected chi connectivity index (χ1v) is 13.1. The van der Waals surface area contributed by atoms with Crippen LogP contribution in [0.4, 0.5) is 17.6 Å². The van der Waals surface area contributed by atoms with Crippen LogP contribution in [0.2, 0.25) is 5.02 Å². The van der Waals surface area contributed by atoms with Crippen LogP contribution >= 0.6 is 11.6 Å². The molecular formula is C27H22ClF4N7O2. The number of pyridine rings is 1. The number of aliphatic hydroxyl groups is 1. The number of nitrogens with one attached hydrogen (secondary N) is 1. The predicted octanol–water partition coefficient (Wildman–Crippen LogP) is 5.27. The van der Waals surface area contributed by atoms with Gasteiger partial charge in [-0.15, -0.1) is 5.10 Å². The van der Waals surface area contributed by atoms with Crippen molar-refractivity contribution in [2.45, 2.75) is 50.6 Å². The summed E-state index contributed by atoms with van der Waals surface area (Å²) in [5.74, 6) is -0.429. The highest BCUT2D eigenvalue weighted by molar-refractivity contribution is 6.30. The predicted molar refractivity (Wildman–Crippen MR) is 139 cm³/mol. The highest BCUT2D eigenvalue weighted by Crippen LogP contribution is 2.42. The lowest BCUT2D eigenvalue weighted by molar-refractivity contribution is -0.141. The number of allylic oxidation sites excluding steroid dienone is 1. The maximum Gasteiger partial charge on any atom is 0.436 e. The number of aromatic amines is 1. The quantitative estimate of drug-likeness (QED) is 0.308. The molecule has 6 rings (SSSR count). The number of carbonyl (C=O) groups is 1. The van der Waals surface area contributed by atoms with Crippen LogP contribution in [0, 0.1) is 5.82 Å². The Labute approximate surface area is 235 Å². The molecule has 5 heterocycles. The van der Waals surface area contributed by atoms with Crippen LogP contribution in [0.3, 0.4) is 0 Å². The SMILES string of the molecule is O=C1C=C(c2cc(Cl)ccc2-n2cc(C(F)(F)F)nn2)CC[C@H]2CC[C@@H](c3ncc(-c4ccnc(CO)c4F)[nH]3)N12. The van der Waals surface area contributed by atoms with Crippen molar-refractivity contribution in [1.82, 2.24) is 34.8 Å². The van der Waals surface area contributed by atoms with Gasteiger partial charge in [0.1, 0.15) is 11.5 Å². The van der Waals surface area contributed by atoms with Crippen molar-refractivity contribution in [1.29, 1.82) is 0 Å². The molecule has 9 nitrogen and oxygen atoms in total. The number of rotatable bonds is 5. The summed E-state index contributed by atoms with van der Waals surface area (Å²) in [6.07, 6.45) is 2.95. The Bertz CT molecular complexity index is 1670. The summed E-state index contributed by atoms with van der Waals surface area (Å²) in [4.78, 5) is 26.8. The number of halogens is 5. The van der Waals surface area contributed by atoms with E-state index in [4.69, 9.17) is 11.6 Å². The third-order valence-electron chi connectivity index (χ3n) is 7.45. The zero-order valence-electron chi connectivity index (χ0n) is 21.2. The standard InChI is InChI=1S/C27H22ClF4N7O2/c28-15-2-5-21(38-12-23(36-37-38)27(30,31)32)18(10-15)14-1-3-16-4-6-22(39(16)24(41)9-14)26-34-11-19(35-26)17-7-8-33-20(13-40)25(17)29/h2,5,7-12,16,22,40H,1,3-4,6,13H2,(H,34,35)/t16-,22-/m0/s1. The first kappa shape index (κ1) is 27.1. The summed E-state index contributed by atoms with van der Waals surface area (Å²) in [6.45, 7) is -0.545. The van der Waals surface area contributed by atoms with Gasteiger partial charge >= 0.3 is 6.18 Å². The van der Waals surface area contributed by atoms with E-state index in [2.05, 4.69) is 25.3 Å². The molecule has 2 aliphatic heterocycles. The summed E-state index contributed by atoms with van der Waals surface area (Å²) in [5.41, 5.74) is 0.789. The van der Waals surface area contributed by atoms with Gasteiger partial charge in [0.2, 0.25) is 5.91 Å². The van der Waals surface area contributed by atoms with E-state index >= 15 is 0 Å². The number of imidazole rings is 1. The minimum Gasteiger partial charge on any atom is -0.390 e. The molecule has 0 bridgehead atoms. The second-order valence-corrected chi connectivity index (χ2v) is 10.3. The van der Waals surface area contributed by atoms with Crippen molar-refractivity contribution in [3.8, 4) is 16.9 Å². The number of carbonyl (C=O) groups excluding carboxylic acids is 1. The van der Waals surface area contributed by atoms with E-state index < -0.39 is 24.3 Å². The van der Waals surface area contributed by atoms with Gasteiger partial charge in [-0.3, -0.25) is 9.78 Å².